The quantitative estimate of drug-likeness (QED) is 0.467. The van der Waals surface area contributed by atoms with Crippen molar-refractivity contribution in [2.75, 3.05) is 19.7 Å². The Morgan fingerprint density at radius 3 is 2.67 bits per heavy atom. The van der Waals surface area contributed by atoms with E-state index >= 15 is 0 Å². The van der Waals surface area contributed by atoms with E-state index < -0.39 is 0 Å². The SMILES string of the molecule is CCNCCC=CCOC(C)C. The van der Waals surface area contributed by atoms with Crippen LogP contribution in [0.2, 0.25) is 0 Å². The molecule has 0 amide bonds. The van der Waals surface area contributed by atoms with Gasteiger partial charge in [0, 0.05) is 0 Å². The molecule has 0 saturated carbocycles. The van der Waals surface area contributed by atoms with E-state index in [0.717, 1.165) is 26.1 Å². The Balaban J connectivity index is 3.04. The fraction of sp³-hybridized carbons (Fsp3) is 0.800. The van der Waals surface area contributed by atoms with Crippen molar-refractivity contribution in [3.05, 3.63) is 12.2 Å². The van der Waals surface area contributed by atoms with Gasteiger partial charge in [-0.2, -0.15) is 0 Å². The Morgan fingerprint density at radius 2 is 2.08 bits per heavy atom. The van der Waals surface area contributed by atoms with Gasteiger partial charge in [0.05, 0.1) is 12.7 Å². The van der Waals surface area contributed by atoms with Crippen LogP contribution in [0.1, 0.15) is 27.2 Å². The number of nitrogens with one attached hydrogen (secondary N) is 1. The molecule has 0 radical (unpaired) electrons. The van der Waals surface area contributed by atoms with Crippen LogP contribution in [-0.2, 0) is 4.74 Å². The van der Waals surface area contributed by atoms with Gasteiger partial charge in [0.25, 0.3) is 0 Å². The highest BCUT2D eigenvalue weighted by atomic mass is 16.5. The minimum atomic E-state index is 0.336. The Bertz CT molecular complexity index is 110. The van der Waals surface area contributed by atoms with E-state index in [9.17, 15) is 0 Å². The molecule has 0 saturated heterocycles. The van der Waals surface area contributed by atoms with Gasteiger partial charge < -0.3 is 10.1 Å². The van der Waals surface area contributed by atoms with Crippen LogP contribution in [0.4, 0.5) is 0 Å². The van der Waals surface area contributed by atoms with E-state index in [1.54, 1.807) is 0 Å². The maximum Gasteiger partial charge on any atom is 0.0650 e. The predicted molar refractivity (Wildman–Crippen MR) is 53.4 cm³/mol. The topological polar surface area (TPSA) is 21.3 Å². The summed E-state index contributed by atoms with van der Waals surface area (Å²) < 4.78 is 5.34. The highest BCUT2D eigenvalue weighted by molar-refractivity contribution is 4.82. The van der Waals surface area contributed by atoms with Crippen LogP contribution in [0.15, 0.2) is 12.2 Å². The largest absolute Gasteiger partial charge is 0.375 e. The summed E-state index contributed by atoms with van der Waals surface area (Å²) in [5.41, 5.74) is 0. The van der Waals surface area contributed by atoms with Crippen molar-refractivity contribution in [2.24, 2.45) is 0 Å². The van der Waals surface area contributed by atoms with Crippen LogP contribution in [0.5, 0.6) is 0 Å². The van der Waals surface area contributed by atoms with Gasteiger partial charge in [-0.25, -0.2) is 0 Å². The second-order valence-electron chi connectivity index (χ2n) is 3.00. The molecule has 0 aromatic rings. The summed E-state index contributed by atoms with van der Waals surface area (Å²) in [4.78, 5) is 0. The molecule has 0 fully saturated rings. The molecule has 2 nitrogen and oxygen atoms in total. The first kappa shape index (κ1) is 11.7. The lowest BCUT2D eigenvalue weighted by Crippen LogP contribution is -2.13. The molecular formula is C10H21NO. The molecule has 0 aromatic carbocycles. The zero-order chi connectivity index (χ0) is 9.23. The molecule has 0 aliphatic rings. The molecule has 72 valence electrons. The van der Waals surface area contributed by atoms with Crippen molar-refractivity contribution in [2.45, 2.75) is 33.3 Å². The number of hydrogen-bond donors (Lipinski definition) is 1. The fourth-order valence-corrected chi connectivity index (χ4v) is 0.796. The van der Waals surface area contributed by atoms with Gasteiger partial charge in [-0.15, -0.1) is 0 Å². The zero-order valence-corrected chi connectivity index (χ0v) is 8.47. The lowest BCUT2D eigenvalue weighted by molar-refractivity contribution is 0.102. The minimum Gasteiger partial charge on any atom is -0.375 e. The maximum atomic E-state index is 5.34. The van der Waals surface area contributed by atoms with Gasteiger partial charge in [-0.3, -0.25) is 0 Å². The van der Waals surface area contributed by atoms with Gasteiger partial charge in [-0.1, -0.05) is 19.1 Å². The van der Waals surface area contributed by atoms with E-state index in [2.05, 4.69) is 24.4 Å². The number of hydrogen-bond acceptors (Lipinski definition) is 2. The standard InChI is InChI=1S/C10H21NO/c1-4-11-8-6-5-7-9-12-10(2)3/h5,7,10-11H,4,6,8-9H2,1-3H3. The lowest BCUT2D eigenvalue weighted by Gasteiger charge is -2.02. The number of rotatable bonds is 7. The van der Waals surface area contributed by atoms with E-state index in [1.165, 1.54) is 0 Å². The van der Waals surface area contributed by atoms with Crippen molar-refractivity contribution < 1.29 is 4.74 Å². The Kier molecular flexibility index (Phi) is 8.51. The molecule has 0 aliphatic carbocycles. The molecule has 1 N–H and O–H groups in total. The summed E-state index contributed by atoms with van der Waals surface area (Å²) in [6.07, 6.45) is 5.67. The summed E-state index contributed by atoms with van der Waals surface area (Å²) in [7, 11) is 0. The molecule has 2 heteroatoms. The highest BCUT2D eigenvalue weighted by Crippen LogP contribution is 1.88. The zero-order valence-electron chi connectivity index (χ0n) is 8.47. The third-order valence-electron chi connectivity index (χ3n) is 1.43. The van der Waals surface area contributed by atoms with Crippen LogP contribution in [0.25, 0.3) is 0 Å². The molecule has 0 spiro atoms. The van der Waals surface area contributed by atoms with Crippen molar-refractivity contribution >= 4 is 0 Å². The van der Waals surface area contributed by atoms with Gasteiger partial charge in [0.1, 0.15) is 0 Å². The van der Waals surface area contributed by atoms with Crippen LogP contribution in [0, 0.1) is 0 Å². The summed E-state index contributed by atoms with van der Waals surface area (Å²) in [5, 5.41) is 3.26. The monoisotopic (exact) mass is 171 g/mol. The van der Waals surface area contributed by atoms with Crippen molar-refractivity contribution in [1.29, 1.82) is 0 Å². The third-order valence-corrected chi connectivity index (χ3v) is 1.43. The maximum absolute atomic E-state index is 5.34. The van der Waals surface area contributed by atoms with Crippen molar-refractivity contribution in [3.63, 3.8) is 0 Å². The second-order valence-corrected chi connectivity index (χ2v) is 3.00. The van der Waals surface area contributed by atoms with Gasteiger partial charge in [0.2, 0.25) is 0 Å². The first-order chi connectivity index (χ1) is 5.77. The molecule has 0 aliphatic heterocycles. The molecule has 12 heavy (non-hydrogen) atoms. The van der Waals surface area contributed by atoms with Gasteiger partial charge in [0.15, 0.2) is 0 Å². The summed E-state index contributed by atoms with van der Waals surface area (Å²) >= 11 is 0. The van der Waals surface area contributed by atoms with E-state index in [4.69, 9.17) is 4.74 Å². The summed E-state index contributed by atoms with van der Waals surface area (Å²) in [5.74, 6) is 0. The third kappa shape index (κ3) is 9.66. The Hall–Kier alpha value is -0.340. The smallest absolute Gasteiger partial charge is 0.0650 e. The number of ether oxygens (including phenoxy) is 1. The van der Waals surface area contributed by atoms with Crippen LogP contribution in [-0.4, -0.2) is 25.8 Å². The minimum absolute atomic E-state index is 0.336. The van der Waals surface area contributed by atoms with Gasteiger partial charge in [-0.05, 0) is 33.4 Å². The lowest BCUT2D eigenvalue weighted by atomic mass is 10.4. The normalized spacial score (nSPS) is 11.7. The molecule has 0 heterocycles. The van der Waals surface area contributed by atoms with Crippen LogP contribution in [0.3, 0.4) is 0 Å². The van der Waals surface area contributed by atoms with Crippen LogP contribution < -0.4 is 5.32 Å². The Morgan fingerprint density at radius 1 is 1.33 bits per heavy atom. The van der Waals surface area contributed by atoms with Crippen molar-refractivity contribution in [3.8, 4) is 0 Å². The van der Waals surface area contributed by atoms with E-state index in [0.29, 0.717) is 6.10 Å². The van der Waals surface area contributed by atoms with Crippen LogP contribution >= 0.6 is 0 Å². The molecular weight excluding hydrogens is 150 g/mol. The second kappa shape index (κ2) is 8.75. The predicted octanol–water partition coefficient (Wildman–Crippen LogP) is 1.97. The molecule has 0 atom stereocenters. The molecule has 0 rings (SSSR count). The highest BCUT2D eigenvalue weighted by Gasteiger charge is 1.87. The first-order valence-corrected chi connectivity index (χ1v) is 4.74. The molecule has 0 aromatic heterocycles. The summed E-state index contributed by atoms with van der Waals surface area (Å²) in [6, 6.07) is 0. The molecule has 0 bridgehead atoms. The summed E-state index contributed by atoms with van der Waals surface area (Å²) in [6.45, 7) is 9.07. The van der Waals surface area contributed by atoms with Gasteiger partial charge >= 0.3 is 0 Å². The fourth-order valence-electron chi connectivity index (χ4n) is 0.796. The van der Waals surface area contributed by atoms with Crippen molar-refractivity contribution in [1.82, 2.24) is 5.32 Å². The first-order valence-electron chi connectivity index (χ1n) is 4.74. The Labute approximate surface area is 76.0 Å². The van der Waals surface area contributed by atoms with E-state index in [1.807, 2.05) is 13.8 Å². The molecule has 0 unspecified atom stereocenters. The average Bonchev–Trinajstić information content (AvgIpc) is 2.02. The van der Waals surface area contributed by atoms with E-state index in [-0.39, 0.29) is 0 Å². The average molecular weight is 171 g/mol.